The number of amides is 2. The Balaban J connectivity index is 1.36. The highest BCUT2D eigenvalue weighted by atomic mass is 16.2. The Morgan fingerprint density at radius 3 is 2.14 bits per heavy atom. The van der Waals surface area contributed by atoms with Gasteiger partial charge in [0.1, 0.15) is 17.7 Å². The molecule has 1 saturated carbocycles. The number of hydrogen-bond donors (Lipinski definition) is 3. The van der Waals surface area contributed by atoms with E-state index in [0.717, 1.165) is 27.5 Å². The molecule has 6 atom stereocenters. The van der Waals surface area contributed by atoms with Gasteiger partial charge in [0.25, 0.3) is 0 Å². The van der Waals surface area contributed by atoms with Gasteiger partial charge in [0.05, 0.1) is 6.04 Å². The van der Waals surface area contributed by atoms with Crippen molar-refractivity contribution >= 4 is 34.2 Å². The van der Waals surface area contributed by atoms with Crippen LogP contribution in [0, 0.1) is 35.5 Å². The number of Topliss-reactive ketones (excluding diaryl/α,β-unsaturated/α-hetero) is 2. The molecule has 4 aromatic rings. The van der Waals surface area contributed by atoms with Gasteiger partial charge in [0, 0.05) is 17.4 Å². The summed E-state index contributed by atoms with van der Waals surface area (Å²) in [5.74, 6) is 3.96. The van der Waals surface area contributed by atoms with E-state index in [0.29, 0.717) is 45.1 Å². The van der Waals surface area contributed by atoms with E-state index in [4.69, 9.17) is 5.73 Å². The van der Waals surface area contributed by atoms with Gasteiger partial charge in [0.2, 0.25) is 11.8 Å². The average Bonchev–Trinajstić information content (AvgIpc) is 3.92. The Morgan fingerprint density at radius 1 is 0.780 bits per heavy atom. The number of hydrogen-bond acceptors (Lipinski definition) is 5. The lowest BCUT2D eigenvalue weighted by Crippen LogP contribution is -2.52. The van der Waals surface area contributed by atoms with E-state index in [2.05, 4.69) is 34.6 Å². The fourth-order valence-electron chi connectivity index (χ4n) is 6.60. The van der Waals surface area contributed by atoms with Crippen molar-refractivity contribution in [2.24, 2.45) is 29.4 Å². The number of ketones is 2. The summed E-state index contributed by atoms with van der Waals surface area (Å²) in [7, 11) is 0. The lowest BCUT2D eigenvalue weighted by molar-refractivity contribution is -0.132. The van der Waals surface area contributed by atoms with Crippen molar-refractivity contribution in [2.45, 2.75) is 64.5 Å². The molecule has 2 amide bonds. The Bertz CT molecular complexity index is 1850. The topological polar surface area (TPSA) is 118 Å². The third-order valence-corrected chi connectivity index (χ3v) is 9.60. The van der Waals surface area contributed by atoms with Crippen LogP contribution in [0.15, 0.2) is 103 Å². The molecule has 4 N–H and O–H groups in total. The molecule has 1 aliphatic carbocycles. The lowest BCUT2D eigenvalue weighted by atomic mass is 9.91. The largest absolute Gasteiger partial charge is 0.345 e. The molecule has 50 heavy (non-hydrogen) atoms. The summed E-state index contributed by atoms with van der Waals surface area (Å²) in [4.78, 5) is 54.0. The SMILES string of the molecule is CC(=O)[C@H](CCCN)NC(=O)[C@H](CCc1ccc2ccccc2c1)NC(=O)C(C#Cc1ccccc1)C1CC1C(=O)[C@@H](C)Cc1ccccc1. The van der Waals surface area contributed by atoms with E-state index in [-0.39, 0.29) is 35.2 Å². The van der Waals surface area contributed by atoms with Crippen LogP contribution in [0.5, 0.6) is 0 Å². The number of fused-ring (bicyclic) bond motifs is 1. The van der Waals surface area contributed by atoms with Crippen LogP contribution in [0.3, 0.4) is 0 Å². The molecule has 7 heteroatoms. The molecule has 0 heterocycles. The number of nitrogens with one attached hydrogen (secondary N) is 2. The molecule has 4 aromatic carbocycles. The molecule has 258 valence electrons. The third-order valence-electron chi connectivity index (χ3n) is 9.60. The first-order valence-corrected chi connectivity index (χ1v) is 17.7. The normalized spacial score (nSPS) is 17.3. The minimum atomic E-state index is -0.917. The Labute approximate surface area is 295 Å². The predicted molar refractivity (Wildman–Crippen MR) is 198 cm³/mol. The maximum absolute atomic E-state index is 14.2. The highest BCUT2D eigenvalue weighted by Crippen LogP contribution is 2.46. The molecular formula is C43H47N3O4. The van der Waals surface area contributed by atoms with E-state index in [1.807, 2.05) is 97.9 Å². The second-order valence-electron chi connectivity index (χ2n) is 13.5. The highest BCUT2D eigenvalue weighted by molar-refractivity contribution is 5.94. The maximum Gasteiger partial charge on any atom is 0.243 e. The summed E-state index contributed by atoms with van der Waals surface area (Å²) in [6.45, 7) is 3.79. The summed E-state index contributed by atoms with van der Waals surface area (Å²) in [6.07, 6.45) is 3.04. The van der Waals surface area contributed by atoms with Crippen LogP contribution in [-0.2, 0) is 32.0 Å². The van der Waals surface area contributed by atoms with E-state index in [1.54, 1.807) is 0 Å². The van der Waals surface area contributed by atoms with Gasteiger partial charge >= 0.3 is 0 Å². The smallest absolute Gasteiger partial charge is 0.243 e. The minimum Gasteiger partial charge on any atom is -0.345 e. The number of rotatable bonds is 16. The lowest BCUT2D eigenvalue weighted by Gasteiger charge is -2.24. The number of carbonyl (C=O) groups is 4. The number of aryl methyl sites for hydroxylation is 1. The van der Waals surface area contributed by atoms with Crippen LogP contribution < -0.4 is 16.4 Å². The molecule has 0 radical (unpaired) electrons. The first-order valence-electron chi connectivity index (χ1n) is 17.7. The molecule has 7 nitrogen and oxygen atoms in total. The molecule has 0 spiro atoms. The summed E-state index contributed by atoms with van der Waals surface area (Å²) in [5, 5.41) is 8.10. The predicted octanol–water partition coefficient (Wildman–Crippen LogP) is 5.82. The van der Waals surface area contributed by atoms with Crippen LogP contribution in [0.25, 0.3) is 10.8 Å². The number of nitrogens with two attached hydrogens (primary N) is 1. The van der Waals surface area contributed by atoms with Gasteiger partial charge in [-0.15, -0.1) is 0 Å². The minimum absolute atomic E-state index is 0.132. The van der Waals surface area contributed by atoms with Gasteiger partial charge in [-0.25, -0.2) is 0 Å². The van der Waals surface area contributed by atoms with E-state index in [9.17, 15) is 19.2 Å². The third kappa shape index (κ3) is 9.99. The molecule has 3 unspecified atom stereocenters. The van der Waals surface area contributed by atoms with Crippen molar-refractivity contribution in [3.63, 3.8) is 0 Å². The van der Waals surface area contributed by atoms with Crippen molar-refractivity contribution in [1.82, 2.24) is 10.6 Å². The van der Waals surface area contributed by atoms with E-state index >= 15 is 0 Å². The zero-order chi connectivity index (χ0) is 35.5. The van der Waals surface area contributed by atoms with Gasteiger partial charge < -0.3 is 16.4 Å². The maximum atomic E-state index is 14.2. The molecule has 0 aliphatic heterocycles. The number of carbonyl (C=O) groups excluding carboxylic acids is 4. The zero-order valence-corrected chi connectivity index (χ0v) is 28.9. The van der Waals surface area contributed by atoms with Crippen molar-refractivity contribution in [1.29, 1.82) is 0 Å². The van der Waals surface area contributed by atoms with Crippen molar-refractivity contribution in [2.75, 3.05) is 6.54 Å². The Morgan fingerprint density at radius 2 is 1.44 bits per heavy atom. The monoisotopic (exact) mass is 669 g/mol. The van der Waals surface area contributed by atoms with Gasteiger partial charge in [-0.3, -0.25) is 19.2 Å². The quantitative estimate of drug-likeness (QED) is 0.130. The average molecular weight is 670 g/mol. The second-order valence-corrected chi connectivity index (χ2v) is 13.5. The fourth-order valence-corrected chi connectivity index (χ4v) is 6.60. The summed E-state index contributed by atoms with van der Waals surface area (Å²) < 4.78 is 0. The Hall–Kier alpha value is -5.06. The second kappa shape index (κ2) is 17.6. The molecular weight excluding hydrogens is 622 g/mol. The fraction of sp³-hybridized carbons (Fsp3) is 0.349. The van der Waals surface area contributed by atoms with Gasteiger partial charge in [-0.05, 0) is 91.9 Å². The first-order chi connectivity index (χ1) is 24.2. The molecule has 1 fully saturated rings. The molecule has 1 aliphatic rings. The van der Waals surface area contributed by atoms with Crippen LogP contribution in [-0.4, -0.2) is 42.0 Å². The number of benzene rings is 4. The van der Waals surface area contributed by atoms with Gasteiger partial charge in [-0.1, -0.05) is 110 Å². The van der Waals surface area contributed by atoms with Crippen molar-refractivity contribution in [3.05, 3.63) is 120 Å². The summed E-state index contributed by atoms with van der Waals surface area (Å²) in [5.41, 5.74) is 8.59. The molecule has 0 bridgehead atoms. The first kappa shape index (κ1) is 36.2. The van der Waals surface area contributed by atoms with Crippen LogP contribution in [0.2, 0.25) is 0 Å². The molecule has 0 saturated heterocycles. The van der Waals surface area contributed by atoms with Crippen LogP contribution >= 0.6 is 0 Å². The Kier molecular flexibility index (Phi) is 12.7. The van der Waals surface area contributed by atoms with Crippen molar-refractivity contribution in [3.8, 4) is 11.8 Å². The van der Waals surface area contributed by atoms with Crippen molar-refractivity contribution < 1.29 is 19.2 Å². The summed E-state index contributed by atoms with van der Waals surface area (Å²) >= 11 is 0. The van der Waals surface area contributed by atoms with Crippen LogP contribution in [0.1, 0.15) is 56.2 Å². The van der Waals surface area contributed by atoms with E-state index < -0.39 is 23.9 Å². The van der Waals surface area contributed by atoms with Gasteiger partial charge in [0.15, 0.2) is 5.78 Å². The van der Waals surface area contributed by atoms with E-state index in [1.165, 1.54) is 6.92 Å². The van der Waals surface area contributed by atoms with Gasteiger partial charge in [-0.2, -0.15) is 0 Å². The standard InChI is InChI=1S/C43H47N3O4/c1-29(26-32-14-7-4-8-15-32)41(48)38-28-37(38)36(23-20-31-12-5-3-6-13-31)42(49)46-40(43(50)45-39(30(2)47)18-11-25-44)24-21-33-19-22-34-16-9-10-17-35(34)27-33/h3-10,12-17,19,22,27,29,36-40H,11,18,21,24-26,28,44H2,1-2H3,(H,45,50)(H,46,49)/t29-,36?,37?,38?,39-,40-/m0/s1. The van der Waals surface area contributed by atoms with Crippen LogP contribution in [0.4, 0.5) is 0 Å². The molecule has 5 rings (SSSR count). The zero-order valence-electron chi connectivity index (χ0n) is 28.9. The molecule has 0 aromatic heterocycles. The summed E-state index contributed by atoms with van der Waals surface area (Å²) in [6, 6.07) is 32.0. The highest BCUT2D eigenvalue weighted by Gasteiger charge is 2.50.